The molecule has 5 rings (SSSR count). The van der Waals surface area contributed by atoms with Crippen LogP contribution in [0.4, 0.5) is 10.1 Å². The van der Waals surface area contributed by atoms with Gasteiger partial charge >= 0.3 is 0 Å². The summed E-state index contributed by atoms with van der Waals surface area (Å²) in [5.74, 6) is -1.37. The van der Waals surface area contributed by atoms with Crippen molar-refractivity contribution in [3.8, 4) is 11.3 Å². The topological polar surface area (TPSA) is 93.4 Å². The zero-order valence-electron chi connectivity index (χ0n) is 18.3. The Labute approximate surface area is 192 Å². The molecule has 3 aromatic rings. The minimum Gasteiger partial charge on any atom is -0.311 e. The minimum atomic E-state index is -4.25. The summed E-state index contributed by atoms with van der Waals surface area (Å²) in [6.45, 7) is 4.31. The van der Waals surface area contributed by atoms with Crippen LogP contribution in [0, 0.1) is 11.7 Å². The third-order valence-electron chi connectivity index (χ3n) is 6.89. The van der Waals surface area contributed by atoms with Crippen molar-refractivity contribution in [3.63, 3.8) is 0 Å². The normalized spacial score (nSPS) is 21.7. The average Bonchev–Trinajstić information content (AvgIpc) is 3.29. The third kappa shape index (κ3) is 3.63. The van der Waals surface area contributed by atoms with E-state index in [0.29, 0.717) is 24.2 Å². The highest BCUT2D eigenvalue weighted by Crippen LogP contribution is 2.44. The van der Waals surface area contributed by atoms with Gasteiger partial charge in [0.25, 0.3) is 0 Å². The second-order valence-corrected chi connectivity index (χ2v) is 10.5. The monoisotopic (exact) mass is 465 g/mol. The number of carbonyl (C=O) groups is 1. The molecule has 1 aromatic heterocycles. The number of sulfonamides is 1. The molecule has 2 heterocycles. The quantitative estimate of drug-likeness (QED) is 0.634. The van der Waals surface area contributed by atoms with Crippen molar-refractivity contribution in [2.45, 2.75) is 37.0 Å². The smallest absolute Gasteiger partial charge is 0.241 e. The van der Waals surface area contributed by atoms with Crippen LogP contribution in [0.5, 0.6) is 0 Å². The Balaban J connectivity index is 1.47. The number of nitrogens with two attached hydrogens (primary N) is 1. The summed E-state index contributed by atoms with van der Waals surface area (Å²) in [5.41, 5.74) is 5.17. The number of nitrogens with zero attached hydrogens (tertiary/aromatic N) is 2. The molecule has 6 nitrogen and oxygen atoms in total. The van der Waals surface area contributed by atoms with Gasteiger partial charge in [0.1, 0.15) is 10.7 Å². The van der Waals surface area contributed by atoms with Crippen molar-refractivity contribution in [2.24, 2.45) is 11.1 Å². The second kappa shape index (κ2) is 7.74. The van der Waals surface area contributed by atoms with Gasteiger partial charge in [0.15, 0.2) is 0 Å². The molecule has 1 amide bonds. The van der Waals surface area contributed by atoms with E-state index in [4.69, 9.17) is 5.14 Å². The average molecular weight is 466 g/mol. The van der Waals surface area contributed by atoms with Crippen molar-refractivity contribution >= 4 is 21.6 Å². The van der Waals surface area contributed by atoms with E-state index in [2.05, 4.69) is 17.1 Å². The van der Waals surface area contributed by atoms with E-state index < -0.39 is 20.7 Å². The lowest BCUT2D eigenvalue weighted by molar-refractivity contribution is -0.122. The molecular formula is C25H24FN3O3S. The molecule has 0 spiro atoms. The molecule has 0 saturated heterocycles. The minimum absolute atomic E-state index is 0.00259. The van der Waals surface area contributed by atoms with E-state index >= 15 is 0 Å². The molecule has 8 heteroatoms. The van der Waals surface area contributed by atoms with Crippen molar-refractivity contribution in [2.75, 3.05) is 11.4 Å². The zero-order chi connectivity index (χ0) is 23.5. The predicted octanol–water partition coefficient (Wildman–Crippen LogP) is 3.96. The van der Waals surface area contributed by atoms with Gasteiger partial charge < -0.3 is 4.90 Å². The zero-order valence-corrected chi connectivity index (χ0v) is 19.1. The second-order valence-electron chi connectivity index (χ2n) is 8.96. The molecule has 0 radical (unpaired) electrons. The van der Waals surface area contributed by atoms with Gasteiger partial charge in [-0.3, -0.25) is 9.78 Å². The Kier molecular flexibility index (Phi) is 5.10. The van der Waals surface area contributed by atoms with Crippen LogP contribution in [0.25, 0.3) is 11.3 Å². The molecule has 2 unspecified atom stereocenters. The summed E-state index contributed by atoms with van der Waals surface area (Å²) in [5, 5.41) is 5.20. The van der Waals surface area contributed by atoms with Crippen molar-refractivity contribution in [3.05, 3.63) is 77.2 Å². The maximum absolute atomic E-state index is 14.4. The van der Waals surface area contributed by atoms with E-state index in [1.807, 2.05) is 38.1 Å². The maximum Gasteiger partial charge on any atom is 0.241 e. The Morgan fingerprint density at radius 2 is 1.91 bits per heavy atom. The van der Waals surface area contributed by atoms with Gasteiger partial charge in [0.05, 0.1) is 5.69 Å². The lowest BCUT2D eigenvalue weighted by Crippen LogP contribution is -2.36. The number of benzene rings is 2. The molecule has 33 heavy (non-hydrogen) atoms. The van der Waals surface area contributed by atoms with Crippen LogP contribution >= 0.6 is 0 Å². The number of hydrogen-bond donors (Lipinski definition) is 1. The molecule has 170 valence electrons. The number of primary sulfonamides is 1. The predicted molar refractivity (Wildman–Crippen MR) is 124 cm³/mol. The van der Waals surface area contributed by atoms with Crippen LogP contribution in [0.1, 0.15) is 42.4 Å². The fourth-order valence-corrected chi connectivity index (χ4v) is 5.74. The van der Waals surface area contributed by atoms with Gasteiger partial charge in [0.2, 0.25) is 15.9 Å². The van der Waals surface area contributed by atoms with E-state index in [1.165, 1.54) is 12.1 Å². The highest BCUT2D eigenvalue weighted by atomic mass is 32.2. The Morgan fingerprint density at radius 3 is 2.61 bits per heavy atom. The lowest BCUT2D eigenvalue weighted by Gasteiger charge is -2.24. The van der Waals surface area contributed by atoms with Gasteiger partial charge in [-0.2, -0.15) is 0 Å². The third-order valence-corrected chi connectivity index (χ3v) is 7.81. The number of anilines is 1. The molecule has 0 fully saturated rings. The highest BCUT2D eigenvalue weighted by molar-refractivity contribution is 7.89. The molecule has 2 aromatic carbocycles. The lowest BCUT2D eigenvalue weighted by atomic mass is 9.93. The SMILES string of the molecule is CC1CN(C(=O)[C@H]2Cc3cc(-c4ccccn4)ccc3C2C)c2cc(S(N)(=O)=O)c(F)cc21. The maximum atomic E-state index is 14.4. The molecule has 0 bridgehead atoms. The summed E-state index contributed by atoms with van der Waals surface area (Å²) in [4.78, 5) is 19.1. The number of carbonyl (C=O) groups excluding carboxylic acids is 1. The largest absolute Gasteiger partial charge is 0.311 e. The fourth-order valence-electron chi connectivity index (χ4n) is 5.14. The summed E-state index contributed by atoms with van der Waals surface area (Å²) < 4.78 is 38.1. The summed E-state index contributed by atoms with van der Waals surface area (Å²) in [6.07, 6.45) is 2.33. The van der Waals surface area contributed by atoms with Crippen molar-refractivity contribution < 1.29 is 17.6 Å². The van der Waals surface area contributed by atoms with Crippen LogP contribution in [0.15, 0.2) is 59.6 Å². The van der Waals surface area contributed by atoms with Crippen LogP contribution in [-0.2, 0) is 21.2 Å². The molecule has 1 aliphatic heterocycles. The first kappa shape index (κ1) is 21.7. The number of hydrogen-bond acceptors (Lipinski definition) is 4. The number of pyridine rings is 1. The van der Waals surface area contributed by atoms with E-state index in [0.717, 1.165) is 22.4 Å². The first-order valence-corrected chi connectivity index (χ1v) is 12.4. The summed E-state index contributed by atoms with van der Waals surface area (Å²) in [7, 11) is -4.25. The summed E-state index contributed by atoms with van der Waals surface area (Å²) in [6, 6.07) is 14.3. The number of halogens is 1. The molecule has 0 saturated carbocycles. The number of amides is 1. The molecular weight excluding hydrogens is 441 g/mol. The van der Waals surface area contributed by atoms with Gasteiger partial charge in [-0.05, 0) is 59.4 Å². The Hall–Kier alpha value is -3.10. The summed E-state index contributed by atoms with van der Waals surface area (Å²) >= 11 is 0. The van der Waals surface area contributed by atoms with Gasteiger partial charge in [-0.15, -0.1) is 0 Å². The standard InChI is InChI=1S/C25H24FN3O3S/c1-14-13-29(23-12-24(33(27,31)32)21(26)11-19(14)23)25(30)20-10-17-9-16(6-7-18(17)15(20)2)22-5-3-4-8-28-22/h3-9,11-12,14-15,20H,10,13H2,1-2H3,(H2,27,31,32)/t14?,15?,20-/m0/s1. The van der Waals surface area contributed by atoms with E-state index in [1.54, 1.807) is 11.1 Å². The first-order chi connectivity index (χ1) is 15.6. The molecule has 1 aliphatic carbocycles. The number of fused-ring (bicyclic) bond motifs is 2. The van der Waals surface area contributed by atoms with Crippen LogP contribution in [0.2, 0.25) is 0 Å². The fraction of sp³-hybridized carbons (Fsp3) is 0.280. The first-order valence-electron chi connectivity index (χ1n) is 10.9. The van der Waals surface area contributed by atoms with Gasteiger partial charge in [-0.25, -0.2) is 17.9 Å². The molecule has 3 atom stereocenters. The molecule has 2 N–H and O–H groups in total. The van der Waals surface area contributed by atoms with E-state index in [9.17, 15) is 17.6 Å². The molecule has 2 aliphatic rings. The van der Waals surface area contributed by atoms with E-state index in [-0.39, 0.29) is 23.7 Å². The van der Waals surface area contributed by atoms with Crippen LogP contribution < -0.4 is 10.0 Å². The van der Waals surface area contributed by atoms with Crippen LogP contribution in [-0.4, -0.2) is 25.9 Å². The van der Waals surface area contributed by atoms with Gasteiger partial charge in [-0.1, -0.05) is 32.0 Å². The van der Waals surface area contributed by atoms with Gasteiger partial charge in [0, 0.05) is 35.8 Å². The van der Waals surface area contributed by atoms with Crippen LogP contribution in [0.3, 0.4) is 0 Å². The van der Waals surface area contributed by atoms with Crippen molar-refractivity contribution in [1.82, 2.24) is 4.98 Å². The number of aromatic nitrogens is 1. The highest BCUT2D eigenvalue weighted by Gasteiger charge is 2.41. The van der Waals surface area contributed by atoms with Crippen molar-refractivity contribution in [1.29, 1.82) is 0 Å². The Morgan fingerprint density at radius 1 is 1.12 bits per heavy atom. The number of rotatable bonds is 3. The Bertz CT molecular complexity index is 1380.